The van der Waals surface area contributed by atoms with Crippen LogP contribution in [0.2, 0.25) is 0 Å². The Balaban J connectivity index is 1.82. The smallest absolute Gasteiger partial charge is 0.268 e. The summed E-state index contributed by atoms with van der Waals surface area (Å²) in [6.45, 7) is 2.91. The van der Waals surface area contributed by atoms with Crippen molar-refractivity contribution in [3.05, 3.63) is 65.2 Å². The van der Waals surface area contributed by atoms with Gasteiger partial charge in [-0.3, -0.25) is 9.59 Å². The van der Waals surface area contributed by atoms with Gasteiger partial charge < -0.3 is 5.32 Å². The minimum absolute atomic E-state index is 0.0395. The van der Waals surface area contributed by atoms with Crippen LogP contribution in [0.4, 0.5) is 5.69 Å². The van der Waals surface area contributed by atoms with Gasteiger partial charge in [-0.15, -0.1) is 11.8 Å². The van der Waals surface area contributed by atoms with E-state index in [2.05, 4.69) is 5.32 Å². The van der Waals surface area contributed by atoms with E-state index in [4.69, 9.17) is 0 Å². The third kappa shape index (κ3) is 4.23. The molecule has 2 aromatic rings. The molecule has 0 aliphatic carbocycles. The van der Waals surface area contributed by atoms with Crippen molar-refractivity contribution in [2.45, 2.75) is 25.2 Å². The number of thioether (sulfide) groups is 1. The number of nitrogens with one attached hydrogen (secondary N) is 1. The van der Waals surface area contributed by atoms with Crippen molar-refractivity contribution < 1.29 is 18.0 Å². The van der Waals surface area contributed by atoms with E-state index < -0.39 is 28.4 Å². The molecule has 2 aromatic carbocycles. The molecule has 0 saturated carbocycles. The number of hydrogen-bond acceptors (Lipinski definition) is 5. The van der Waals surface area contributed by atoms with Crippen LogP contribution in [0.1, 0.15) is 25.0 Å². The van der Waals surface area contributed by atoms with E-state index in [9.17, 15) is 18.0 Å². The minimum Gasteiger partial charge on any atom is -0.324 e. The molecule has 1 heterocycles. The lowest BCUT2D eigenvalue weighted by Crippen LogP contribution is -2.38. The maximum atomic E-state index is 13.0. The second-order valence-electron chi connectivity index (χ2n) is 6.60. The summed E-state index contributed by atoms with van der Waals surface area (Å²) in [6, 6.07) is 14.3. The van der Waals surface area contributed by atoms with Crippen LogP contribution >= 0.6 is 11.8 Å². The van der Waals surface area contributed by atoms with Gasteiger partial charge >= 0.3 is 0 Å². The lowest BCUT2D eigenvalue weighted by molar-refractivity contribution is -0.126. The Hall–Kier alpha value is -2.58. The molecule has 8 heteroatoms. The van der Waals surface area contributed by atoms with Gasteiger partial charge in [-0.05, 0) is 48.9 Å². The van der Waals surface area contributed by atoms with E-state index in [0.29, 0.717) is 15.6 Å². The number of aryl methyl sites for hydroxylation is 1. The Morgan fingerprint density at radius 3 is 2.45 bits per heavy atom. The van der Waals surface area contributed by atoms with Crippen molar-refractivity contribution in [1.29, 1.82) is 0 Å². The van der Waals surface area contributed by atoms with E-state index in [1.807, 2.05) is 31.4 Å². The van der Waals surface area contributed by atoms with E-state index in [1.165, 1.54) is 18.7 Å². The average molecular weight is 431 g/mol. The number of carbonyl (C=O) groups is 2. The number of nitrogens with zero attached hydrogens (tertiary/aromatic N) is 1. The summed E-state index contributed by atoms with van der Waals surface area (Å²) in [6.07, 6.45) is 2.74. The molecule has 29 heavy (non-hydrogen) atoms. The van der Waals surface area contributed by atoms with Crippen LogP contribution in [0.25, 0.3) is 4.91 Å². The molecule has 1 aliphatic heterocycles. The standard InChI is InChI=1S/C21H22N2O4S2/c1-4-15-8-10-16(11-9-15)20-14(2)21(25)23(29(20,26)27)13-19(24)22-17-6-5-7-18(12-17)28-3/h5-12H,4,13H2,1-3H3,(H,22,24). The Kier molecular flexibility index (Phi) is 6.14. The largest absolute Gasteiger partial charge is 0.324 e. The zero-order valence-corrected chi connectivity index (χ0v) is 18.1. The zero-order valence-electron chi connectivity index (χ0n) is 16.4. The Labute approximate surface area is 175 Å². The molecule has 1 aliphatic rings. The molecule has 0 atom stereocenters. The van der Waals surface area contributed by atoms with Crippen molar-refractivity contribution in [1.82, 2.24) is 4.31 Å². The van der Waals surface area contributed by atoms with Gasteiger partial charge in [0.15, 0.2) is 0 Å². The molecule has 0 spiro atoms. The van der Waals surface area contributed by atoms with E-state index in [0.717, 1.165) is 16.9 Å². The predicted molar refractivity (Wildman–Crippen MR) is 116 cm³/mol. The second-order valence-corrected chi connectivity index (χ2v) is 9.28. The van der Waals surface area contributed by atoms with E-state index >= 15 is 0 Å². The van der Waals surface area contributed by atoms with Gasteiger partial charge in [0.25, 0.3) is 15.9 Å². The fourth-order valence-corrected chi connectivity index (χ4v) is 5.37. The SMILES string of the molecule is CCc1ccc(C2=C(C)C(=O)N(CC(=O)Nc3cccc(SC)c3)S2(=O)=O)cc1. The van der Waals surface area contributed by atoms with Gasteiger partial charge in [-0.25, -0.2) is 12.7 Å². The highest BCUT2D eigenvalue weighted by Crippen LogP contribution is 2.35. The monoisotopic (exact) mass is 430 g/mol. The third-order valence-corrected chi connectivity index (χ3v) is 7.36. The van der Waals surface area contributed by atoms with Crippen molar-refractivity contribution in [3.63, 3.8) is 0 Å². The summed E-state index contributed by atoms with van der Waals surface area (Å²) in [7, 11) is -4.10. The summed E-state index contributed by atoms with van der Waals surface area (Å²) < 4.78 is 26.7. The van der Waals surface area contributed by atoms with Gasteiger partial charge in [-0.2, -0.15) is 0 Å². The third-order valence-electron chi connectivity index (χ3n) is 4.70. The van der Waals surface area contributed by atoms with Crippen LogP contribution in [0, 0.1) is 0 Å². The van der Waals surface area contributed by atoms with Crippen LogP contribution in [0.15, 0.2) is 59.0 Å². The topological polar surface area (TPSA) is 83.6 Å². The Bertz CT molecular complexity index is 1090. The van der Waals surface area contributed by atoms with Crippen molar-refractivity contribution >= 4 is 44.2 Å². The number of anilines is 1. The highest BCUT2D eigenvalue weighted by Gasteiger charge is 2.43. The molecule has 0 saturated heterocycles. The number of benzene rings is 2. The first kappa shape index (κ1) is 21.1. The molecule has 0 unspecified atom stereocenters. The molecule has 0 radical (unpaired) electrons. The number of sulfonamides is 1. The van der Waals surface area contributed by atoms with Gasteiger partial charge in [0.05, 0.1) is 0 Å². The number of rotatable bonds is 6. The van der Waals surface area contributed by atoms with Crippen molar-refractivity contribution in [2.75, 3.05) is 18.1 Å². The van der Waals surface area contributed by atoms with Crippen LogP contribution in [0.5, 0.6) is 0 Å². The predicted octanol–water partition coefficient (Wildman–Crippen LogP) is 3.51. The lowest BCUT2D eigenvalue weighted by atomic mass is 10.1. The maximum Gasteiger partial charge on any atom is 0.268 e. The first-order valence-corrected chi connectivity index (χ1v) is 11.8. The first-order chi connectivity index (χ1) is 13.8. The summed E-state index contributed by atoms with van der Waals surface area (Å²) >= 11 is 1.53. The van der Waals surface area contributed by atoms with Crippen LogP contribution in [0.3, 0.4) is 0 Å². The van der Waals surface area contributed by atoms with Crippen molar-refractivity contribution in [3.8, 4) is 0 Å². The number of amides is 2. The molecule has 2 amide bonds. The molecule has 6 nitrogen and oxygen atoms in total. The second kappa shape index (κ2) is 8.42. The highest BCUT2D eigenvalue weighted by atomic mass is 32.2. The minimum atomic E-state index is -4.10. The van der Waals surface area contributed by atoms with Gasteiger partial charge in [0, 0.05) is 16.2 Å². The molecule has 0 bridgehead atoms. The zero-order chi connectivity index (χ0) is 21.2. The maximum absolute atomic E-state index is 13.0. The fourth-order valence-electron chi connectivity index (χ4n) is 3.14. The molecule has 1 N–H and O–H groups in total. The normalized spacial score (nSPS) is 15.7. The van der Waals surface area contributed by atoms with Crippen LogP contribution in [-0.2, 0) is 26.0 Å². The molecule has 0 aromatic heterocycles. The molecule has 152 valence electrons. The number of carbonyl (C=O) groups excluding carboxylic acids is 2. The molecule has 3 rings (SSSR count). The number of hydrogen-bond donors (Lipinski definition) is 1. The first-order valence-electron chi connectivity index (χ1n) is 9.09. The average Bonchev–Trinajstić information content (AvgIpc) is 2.87. The van der Waals surface area contributed by atoms with Gasteiger partial charge in [-0.1, -0.05) is 37.3 Å². The lowest BCUT2D eigenvalue weighted by Gasteiger charge is -2.16. The highest BCUT2D eigenvalue weighted by molar-refractivity contribution is 7.99. The van der Waals surface area contributed by atoms with Crippen molar-refractivity contribution in [2.24, 2.45) is 0 Å². The summed E-state index contributed by atoms with van der Waals surface area (Å²) in [4.78, 5) is 26.0. The Morgan fingerprint density at radius 1 is 1.14 bits per heavy atom. The van der Waals surface area contributed by atoms with E-state index in [-0.39, 0.29) is 10.5 Å². The van der Waals surface area contributed by atoms with Crippen LogP contribution in [-0.4, -0.2) is 37.3 Å². The summed E-state index contributed by atoms with van der Waals surface area (Å²) in [5.41, 5.74) is 2.18. The fraction of sp³-hybridized carbons (Fsp3) is 0.238. The summed E-state index contributed by atoms with van der Waals surface area (Å²) in [5.74, 6) is -1.25. The molecular weight excluding hydrogens is 408 g/mol. The van der Waals surface area contributed by atoms with Gasteiger partial charge in [0.2, 0.25) is 5.91 Å². The van der Waals surface area contributed by atoms with Gasteiger partial charge in [0.1, 0.15) is 11.4 Å². The Morgan fingerprint density at radius 2 is 1.83 bits per heavy atom. The van der Waals surface area contributed by atoms with Crippen LogP contribution < -0.4 is 5.32 Å². The summed E-state index contributed by atoms with van der Waals surface area (Å²) in [5, 5.41) is 2.66. The quantitative estimate of drug-likeness (QED) is 0.709. The van der Waals surface area contributed by atoms with E-state index in [1.54, 1.807) is 30.3 Å². The molecule has 0 fully saturated rings. The molecular formula is C21H22N2O4S2.